The molecule has 5 nitrogen and oxygen atoms in total. The van der Waals surface area contributed by atoms with Gasteiger partial charge in [0.1, 0.15) is 5.00 Å². The Bertz CT molecular complexity index is 683. The zero-order chi connectivity index (χ0) is 16.1. The number of halogens is 1. The lowest BCUT2D eigenvalue weighted by Gasteiger charge is -2.08. The number of nitrogens with one attached hydrogen (secondary N) is 2. The first-order chi connectivity index (χ1) is 10.5. The van der Waals surface area contributed by atoms with Gasteiger partial charge >= 0.3 is 0 Å². The molecule has 3 N–H and O–H groups in total. The minimum absolute atomic E-state index is 0.138. The summed E-state index contributed by atoms with van der Waals surface area (Å²) in [5.41, 5.74) is 1.64. The molecule has 1 aromatic heterocycles. The van der Waals surface area contributed by atoms with Crippen LogP contribution >= 0.6 is 22.9 Å². The van der Waals surface area contributed by atoms with Crippen molar-refractivity contribution in [2.75, 3.05) is 18.5 Å². The Kier molecular flexibility index (Phi) is 5.54. The number of aliphatic hydroxyl groups is 1. The first kappa shape index (κ1) is 16.5. The van der Waals surface area contributed by atoms with Crippen molar-refractivity contribution in [3.63, 3.8) is 0 Å². The van der Waals surface area contributed by atoms with Gasteiger partial charge in [-0.05, 0) is 42.1 Å². The number of rotatable bonds is 5. The van der Waals surface area contributed by atoms with E-state index in [1.807, 2.05) is 0 Å². The van der Waals surface area contributed by atoms with Gasteiger partial charge < -0.3 is 15.7 Å². The quantitative estimate of drug-likeness (QED) is 0.784. The summed E-state index contributed by atoms with van der Waals surface area (Å²) in [5.74, 6) is -0.631. The summed E-state index contributed by atoms with van der Waals surface area (Å²) in [5, 5.41) is 16.9. The molecule has 0 spiro atoms. The van der Waals surface area contributed by atoms with Crippen molar-refractivity contribution in [3.05, 3.63) is 51.4 Å². The van der Waals surface area contributed by atoms with E-state index in [1.54, 1.807) is 36.6 Å². The van der Waals surface area contributed by atoms with E-state index in [2.05, 4.69) is 10.6 Å². The number of benzene rings is 1. The van der Waals surface area contributed by atoms with E-state index < -0.39 is 0 Å². The van der Waals surface area contributed by atoms with Crippen molar-refractivity contribution < 1.29 is 14.7 Å². The SMILES string of the molecule is Cc1csc(NC(=O)c2ccc(Cl)cc2)c1C(=O)NCCO. The Morgan fingerprint density at radius 2 is 1.91 bits per heavy atom. The Morgan fingerprint density at radius 3 is 2.55 bits per heavy atom. The molecule has 0 aliphatic rings. The zero-order valence-electron chi connectivity index (χ0n) is 11.9. The van der Waals surface area contributed by atoms with Crippen molar-refractivity contribution in [1.29, 1.82) is 0 Å². The Labute approximate surface area is 136 Å². The molecular weight excluding hydrogens is 324 g/mol. The summed E-state index contributed by atoms with van der Waals surface area (Å²) >= 11 is 7.07. The molecular formula is C15H15ClN2O3S. The normalized spacial score (nSPS) is 10.3. The number of carbonyl (C=O) groups is 2. The van der Waals surface area contributed by atoms with Crippen molar-refractivity contribution in [2.45, 2.75) is 6.92 Å². The van der Waals surface area contributed by atoms with Crippen LogP contribution in [0.4, 0.5) is 5.00 Å². The third-order valence-corrected chi connectivity index (χ3v) is 4.20. The number of thiophene rings is 1. The lowest BCUT2D eigenvalue weighted by Crippen LogP contribution is -2.27. The van der Waals surface area contributed by atoms with E-state index in [4.69, 9.17) is 16.7 Å². The molecule has 0 unspecified atom stereocenters. The van der Waals surface area contributed by atoms with Crippen LogP contribution in [0, 0.1) is 6.92 Å². The van der Waals surface area contributed by atoms with E-state index in [-0.39, 0.29) is 25.0 Å². The molecule has 2 aromatic rings. The smallest absolute Gasteiger partial charge is 0.256 e. The van der Waals surface area contributed by atoms with Gasteiger partial charge in [0, 0.05) is 17.1 Å². The third kappa shape index (κ3) is 3.85. The fourth-order valence-corrected chi connectivity index (χ4v) is 2.91. The number of hydrogen-bond donors (Lipinski definition) is 3. The second-order valence-electron chi connectivity index (χ2n) is 4.56. The highest BCUT2D eigenvalue weighted by Crippen LogP contribution is 2.28. The summed E-state index contributed by atoms with van der Waals surface area (Å²) in [4.78, 5) is 24.3. The predicted molar refractivity (Wildman–Crippen MR) is 87.9 cm³/mol. The monoisotopic (exact) mass is 338 g/mol. The summed E-state index contributed by atoms with van der Waals surface area (Å²) in [6.07, 6.45) is 0. The minimum atomic E-state index is -0.320. The van der Waals surface area contributed by atoms with Crippen LogP contribution in [0.1, 0.15) is 26.3 Å². The van der Waals surface area contributed by atoms with Crippen molar-refractivity contribution in [2.24, 2.45) is 0 Å². The first-order valence-corrected chi connectivity index (χ1v) is 7.82. The van der Waals surface area contributed by atoms with Gasteiger partial charge in [0.15, 0.2) is 0 Å². The van der Waals surface area contributed by atoms with Crippen molar-refractivity contribution >= 4 is 39.8 Å². The molecule has 0 aliphatic carbocycles. The highest BCUT2D eigenvalue weighted by atomic mass is 35.5. The zero-order valence-corrected chi connectivity index (χ0v) is 13.4. The van der Waals surface area contributed by atoms with E-state index in [1.165, 1.54) is 11.3 Å². The van der Waals surface area contributed by atoms with E-state index in [0.717, 1.165) is 5.56 Å². The summed E-state index contributed by atoms with van der Waals surface area (Å²) in [6, 6.07) is 6.49. The second-order valence-corrected chi connectivity index (χ2v) is 5.88. The lowest BCUT2D eigenvalue weighted by molar-refractivity contribution is 0.0945. The highest BCUT2D eigenvalue weighted by Gasteiger charge is 2.18. The molecule has 116 valence electrons. The van der Waals surface area contributed by atoms with Crippen LogP contribution < -0.4 is 10.6 Å². The van der Waals surface area contributed by atoms with Gasteiger partial charge in [0.2, 0.25) is 0 Å². The Morgan fingerprint density at radius 1 is 1.23 bits per heavy atom. The predicted octanol–water partition coefficient (Wildman–Crippen LogP) is 2.68. The molecule has 1 aromatic carbocycles. The van der Waals surface area contributed by atoms with Crippen LogP contribution in [0.3, 0.4) is 0 Å². The molecule has 2 amide bonds. The number of aryl methyl sites for hydroxylation is 1. The van der Waals surface area contributed by atoms with Gasteiger partial charge in [-0.15, -0.1) is 11.3 Å². The number of amides is 2. The molecule has 0 atom stereocenters. The molecule has 7 heteroatoms. The minimum Gasteiger partial charge on any atom is -0.395 e. The van der Waals surface area contributed by atoms with Crippen LogP contribution in [0.2, 0.25) is 5.02 Å². The fraction of sp³-hybridized carbons (Fsp3) is 0.200. The summed E-state index contributed by atoms with van der Waals surface area (Å²) in [7, 11) is 0. The van der Waals surface area contributed by atoms with Crippen LogP contribution in [0.5, 0.6) is 0 Å². The average molecular weight is 339 g/mol. The molecule has 0 saturated carbocycles. The lowest BCUT2D eigenvalue weighted by atomic mass is 10.1. The maximum absolute atomic E-state index is 12.2. The van der Waals surface area contributed by atoms with Crippen LogP contribution in [-0.2, 0) is 0 Å². The summed E-state index contributed by atoms with van der Waals surface area (Å²) < 4.78 is 0. The molecule has 0 fully saturated rings. The van der Waals surface area contributed by atoms with Crippen LogP contribution in [-0.4, -0.2) is 30.1 Å². The number of carbonyl (C=O) groups excluding carboxylic acids is 2. The van der Waals surface area contributed by atoms with E-state index in [0.29, 0.717) is 21.2 Å². The van der Waals surface area contributed by atoms with Gasteiger partial charge in [-0.25, -0.2) is 0 Å². The largest absolute Gasteiger partial charge is 0.395 e. The number of hydrogen-bond acceptors (Lipinski definition) is 4. The molecule has 22 heavy (non-hydrogen) atoms. The second kappa shape index (κ2) is 7.40. The highest BCUT2D eigenvalue weighted by molar-refractivity contribution is 7.15. The molecule has 0 bridgehead atoms. The fourth-order valence-electron chi connectivity index (χ4n) is 1.85. The Balaban J connectivity index is 2.17. The van der Waals surface area contributed by atoms with Crippen LogP contribution in [0.25, 0.3) is 0 Å². The molecule has 0 radical (unpaired) electrons. The molecule has 0 aliphatic heterocycles. The standard InChI is InChI=1S/C15H15ClN2O3S/c1-9-8-22-15(12(9)14(21)17-6-7-19)18-13(20)10-2-4-11(16)5-3-10/h2-5,8,19H,6-7H2,1H3,(H,17,21)(H,18,20). The van der Waals surface area contributed by atoms with Gasteiger partial charge in [0.25, 0.3) is 11.8 Å². The molecule has 1 heterocycles. The third-order valence-electron chi connectivity index (χ3n) is 2.93. The van der Waals surface area contributed by atoms with Gasteiger partial charge in [-0.1, -0.05) is 11.6 Å². The average Bonchev–Trinajstić information content (AvgIpc) is 2.86. The van der Waals surface area contributed by atoms with Gasteiger partial charge in [0.05, 0.1) is 12.2 Å². The molecule has 0 saturated heterocycles. The van der Waals surface area contributed by atoms with Gasteiger partial charge in [-0.2, -0.15) is 0 Å². The first-order valence-electron chi connectivity index (χ1n) is 6.57. The molecule has 2 rings (SSSR count). The van der Waals surface area contributed by atoms with Crippen molar-refractivity contribution in [1.82, 2.24) is 5.32 Å². The maximum Gasteiger partial charge on any atom is 0.256 e. The topological polar surface area (TPSA) is 78.4 Å². The van der Waals surface area contributed by atoms with E-state index >= 15 is 0 Å². The number of anilines is 1. The Hall–Kier alpha value is -1.89. The van der Waals surface area contributed by atoms with Crippen molar-refractivity contribution in [3.8, 4) is 0 Å². The maximum atomic E-state index is 12.2. The van der Waals surface area contributed by atoms with Gasteiger partial charge in [-0.3, -0.25) is 9.59 Å². The van der Waals surface area contributed by atoms with E-state index in [9.17, 15) is 9.59 Å². The summed E-state index contributed by atoms with van der Waals surface area (Å²) in [6.45, 7) is 1.82. The number of aliphatic hydroxyl groups excluding tert-OH is 1. The van der Waals surface area contributed by atoms with Crippen LogP contribution in [0.15, 0.2) is 29.6 Å².